The molecular formula is C13H15BrF3NO2. The lowest BCUT2D eigenvalue weighted by molar-refractivity contribution is -0.154. The number of hydrogen-bond donors (Lipinski definition) is 1. The summed E-state index contributed by atoms with van der Waals surface area (Å²) >= 11 is 3.24. The summed E-state index contributed by atoms with van der Waals surface area (Å²) in [6.45, 7) is 0.355. The number of benzene rings is 1. The number of nitrogens with one attached hydrogen (secondary N) is 1. The first-order valence-electron chi connectivity index (χ1n) is 5.91. The van der Waals surface area contributed by atoms with Crippen molar-refractivity contribution >= 4 is 21.9 Å². The van der Waals surface area contributed by atoms with Gasteiger partial charge in [0.1, 0.15) is 5.54 Å². The van der Waals surface area contributed by atoms with Gasteiger partial charge in [-0.25, -0.2) is 4.79 Å². The van der Waals surface area contributed by atoms with Crippen molar-refractivity contribution in [2.24, 2.45) is 0 Å². The van der Waals surface area contributed by atoms with Crippen LogP contribution in [0.3, 0.4) is 0 Å². The van der Waals surface area contributed by atoms with Gasteiger partial charge in [0.05, 0.1) is 13.7 Å². The van der Waals surface area contributed by atoms with Crippen LogP contribution in [0.25, 0.3) is 0 Å². The zero-order chi connectivity index (χ0) is 15.4. The second-order valence-corrected chi connectivity index (χ2v) is 5.14. The molecule has 112 valence electrons. The maximum Gasteiger partial charge on any atom is 0.401 e. The highest BCUT2D eigenvalue weighted by Crippen LogP contribution is 2.29. The summed E-state index contributed by atoms with van der Waals surface area (Å²) in [7, 11) is 1.15. The Morgan fingerprint density at radius 3 is 2.25 bits per heavy atom. The van der Waals surface area contributed by atoms with E-state index in [4.69, 9.17) is 0 Å². The van der Waals surface area contributed by atoms with E-state index in [9.17, 15) is 18.0 Å². The van der Waals surface area contributed by atoms with Crippen molar-refractivity contribution in [1.82, 2.24) is 5.32 Å². The maximum atomic E-state index is 12.4. The van der Waals surface area contributed by atoms with Gasteiger partial charge in [-0.2, -0.15) is 13.2 Å². The normalized spacial score (nSPS) is 14.7. The number of carbonyl (C=O) groups is 1. The molecular weight excluding hydrogens is 339 g/mol. The molecule has 0 aromatic heterocycles. The number of hydrogen-bond acceptors (Lipinski definition) is 3. The summed E-state index contributed by atoms with van der Waals surface area (Å²) < 4.78 is 42.8. The first-order chi connectivity index (χ1) is 9.25. The Morgan fingerprint density at radius 2 is 1.85 bits per heavy atom. The Labute approximate surface area is 123 Å². The third kappa shape index (κ3) is 3.96. The molecule has 1 aromatic rings. The summed E-state index contributed by atoms with van der Waals surface area (Å²) in [4.78, 5) is 12.0. The third-order valence-corrected chi connectivity index (χ3v) is 3.52. The van der Waals surface area contributed by atoms with Crippen LogP contribution in [0.2, 0.25) is 0 Å². The summed E-state index contributed by atoms with van der Waals surface area (Å²) in [5, 5.41) is 2.29. The van der Waals surface area contributed by atoms with E-state index < -0.39 is 24.2 Å². The van der Waals surface area contributed by atoms with Crippen LogP contribution in [0.5, 0.6) is 0 Å². The molecule has 3 nitrogen and oxygen atoms in total. The summed E-state index contributed by atoms with van der Waals surface area (Å²) in [5.41, 5.74) is -1.08. The van der Waals surface area contributed by atoms with E-state index in [1.807, 2.05) is 0 Å². The zero-order valence-electron chi connectivity index (χ0n) is 11.1. The molecule has 1 rings (SSSR count). The van der Waals surface area contributed by atoms with Crippen LogP contribution in [0.15, 0.2) is 28.7 Å². The monoisotopic (exact) mass is 353 g/mol. The van der Waals surface area contributed by atoms with Crippen LogP contribution in [0, 0.1) is 0 Å². The number of halogens is 4. The molecule has 0 aliphatic rings. The van der Waals surface area contributed by atoms with E-state index >= 15 is 0 Å². The van der Waals surface area contributed by atoms with Gasteiger partial charge in [-0.3, -0.25) is 5.32 Å². The lowest BCUT2D eigenvalue weighted by Gasteiger charge is -2.32. The minimum atomic E-state index is -4.41. The Balaban J connectivity index is 3.17. The number of methoxy groups -OCH3 is 1. The van der Waals surface area contributed by atoms with E-state index in [1.165, 1.54) is 0 Å². The SMILES string of the molecule is CCC(NCC(F)(F)F)(C(=O)OC)c1ccc(Br)cc1. The first kappa shape index (κ1) is 17.0. The van der Waals surface area contributed by atoms with Gasteiger partial charge in [0.2, 0.25) is 0 Å². The van der Waals surface area contributed by atoms with Crippen molar-refractivity contribution in [3.63, 3.8) is 0 Å². The van der Waals surface area contributed by atoms with Crippen LogP contribution in [0.4, 0.5) is 13.2 Å². The van der Waals surface area contributed by atoms with Crippen LogP contribution in [-0.2, 0) is 15.1 Å². The Kier molecular flexibility index (Phi) is 5.59. The van der Waals surface area contributed by atoms with Gasteiger partial charge in [-0.05, 0) is 24.1 Å². The average molecular weight is 354 g/mol. The molecule has 7 heteroatoms. The summed E-state index contributed by atoms with van der Waals surface area (Å²) in [6, 6.07) is 6.51. The number of rotatable bonds is 5. The van der Waals surface area contributed by atoms with E-state index in [2.05, 4.69) is 26.0 Å². The number of esters is 1. The van der Waals surface area contributed by atoms with Gasteiger partial charge in [0.15, 0.2) is 0 Å². The standard InChI is InChI=1S/C13H15BrF3NO2/c1-3-12(11(19)20-2,18-8-13(15,16)17)9-4-6-10(14)7-5-9/h4-7,18H,3,8H2,1-2H3. The Morgan fingerprint density at radius 1 is 1.30 bits per heavy atom. The average Bonchev–Trinajstić information content (AvgIpc) is 2.40. The highest BCUT2D eigenvalue weighted by atomic mass is 79.9. The Hall–Kier alpha value is -1.08. The summed E-state index contributed by atoms with van der Waals surface area (Å²) in [6.07, 6.45) is -4.28. The van der Waals surface area contributed by atoms with Gasteiger partial charge in [0, 0.05) is 4.47 Å². The van der Waals surface area contributed by atoms with Gasteiger partial charge in [-0.15, -0.1) is 0 Å². The van der Waals surface area contributed by atoms with Crippen molar-refractivity contribution < 1.29 is 22.7 Å². The fourth-order valence-corrected chi connectivity index (χ4v) is 2.19. The number of carbonyl (C=O) groups excluding carboxylic acids is 1. The lowest BCUT2D eigenvalue weighted by atomic mass is 9.87. The quantitative estimate of drug-likeness (QED) is 0.824. The van der Waals surface area contributed by atoms with Gasteiger partial charge in [-0.1, -0.05) is 35.0 Å². The molecule has 0 aliphatic heterocycles. The van der Waals surface area contributed by atoms with Crippen molar-refractivity contribution in [3.05, 3.63) is 34.3 Å². The molecule has 0 saturated heterocycles. The molecule has 0 amide bonds. The molecule has 0 fully saturated rings. The van der Waals surface area contributed by atoms with E-state index in [1.54, 1.807) is 31.2 Å². The molecule has 1 atom stereocenters. The topological polar surface area (TPSA) is 38.3 Å². The predicted molar refractivity (Wildman–Crippen MR) is 72.2 cm³/mol. The predicted octanol–water partition coefficient (Wildman–Crippen LogP) is 3.38. The van der Waals surface area contributed by atoms with Gasteiger partial charge >= 0.3 is 12.1 Å². The molecule has 0 spiro atoms. The minimum absolute atomic E-state index is 0.136. The summed E-state index contributed by atoms with van der Waals surface area (Å²) in [5.74, 6) is -0.744. The molecule has 1 aromatic carbocycles. The second kappa shape index (κ2) is 6.58. The van der Waals surface area contributed by atoms with Crippen LogP contribution in [-0.4, -0.2) is 25.8 Å². The molecule has 1 unspecified atom stereocenters. The fraction of sp³-hybridized carbons (Fsp3) is 0.462. The maximum absolute atomic E-state index is 12.4. The molecule has 0 saturated carbocycles. The van der Waals surface area contributed by atoms with E-state index in [0.29, 0.717) is 5.56 Å². The number of ether oxygens (including phenoxy) is 1. The van der Waals surface area contributed by atoms with Crippen molar-refractivity contribution in [1.29, 1.82) is 0 Å². The molecule has 1 N–H and O–H groups in total. The second-order valence-electron chi connectivity index (χ2n) is 4.23. The number of alkyl halides is 3. The molecule has 0 aliphatic carbocycles. The van der Waals surface area contributed by atoms with Crippen molar-refractivity contribution in [3.8, 4) is 0 Å². The molecule has 20 heavy (non-hydrogen) atoms. The van der Waals surface area contributed by atoms with Gasteiger partial charge < -0.3 is 4.74 Å². The largest absolute Gasteiger partial charge is 0.467 e. The zero-order valence-corrected chi connectivity index (χ0v) is 12.6. The lowest BCUT2D eigenvalue weighted by Crippen LogP contribution is -2.52. The molecule has 0 heterocycles. The van der Waals surface area contributed by atoms with Gasteiger partial charge in [0.25, 0.3) is 0 Å². The smallest absolute Gasteiger partial charge is 0.401 e. The van der Waals surface area contributed by atoms with E-state index in [-0.39, 0.29) is 6.42 Å². The third-order valence-electron chi connectivity index (χ3n) is 2.99. The highest BCUT2D eigenvalue weighted by molar-refractivity contribution is 9.10. The van der Waals surface area contributed by atoms with Crippen LogP contribution < -0.4 is 5.32 Å². The van der Waals surface area contributed by atoms with Crippen LogP contribution in [0.1, 0.15) is 18.9 Å². The van der Waals surface area contributed by atoms with E-state index in [0.717, 1.165) is 11.6 Å². The molecule has 0 radical (unpaired) electrons. The van der Waals surface area contributed by atoms with Crippen LogP contribution >= 0.6 is 15.9 Å². The van der Waals surface area contributed by atoms with Crippen molar-refractivity contribution in [2.45, 2.75) is 25.1 Å². The Bertz CT molecular complexity index is 462. The molecule has 0 bridgehead atoms. The minimum Gasteiger partial charge on any atom is -0.467 e. The van der Waals surface area contributed by atoms with Crippen molar-refractivity contribution in [2.75, 3.05) is 13.7 Å². The highest BCUT2D eigenvalue weighted by Gasteiger charge is 2.42. The fourth-order valence-electron chi connectivity index (χ4n) is 1.93. The first-order valence-corrected chi connectivity index (χ1v) is 6.70.